The number of carbonyl (C=O) groups is 1. The molecule has 0 aliphatic rings. The Kier molecular flexibility index (Phi) is 4.75. The van der Waals surface area contributed by atoms with Crippen molar-refractivity contribution in [3.63, 3.8) is 0 Å². The van der Waals surface area contributed by atoms with E-state index < -0.39 is 0 Å². The standard InChI is InChI=1S/C16H25NO2/c1-11(18)13-7-8-15(19)14(9-13)10-17(6)12(2)16(3,4)5/h7-9,12,19H,10H2,1-6H3. The molecule has 1 unspecified atom stereocenters. The quantitative estimate of drug-likeness (QED) is 0.846. The fourth-order valence-electron chi connectivity index (χ4n) is 2.00. The Morgan fingerprint density at radius 1 is 1.37 bits per heavy atom. The lowest BCUT2D eigenvalue weighted by Gasteiger charge is -2.35. The average molecular weight is 263 g/mol. The number of Topliss-reactive ketones (excluding diaryl/α,β-unsaturated/α-hetero) is 1. The molecule has 3 heteroatoms. The first-order chi connectivity index (χ1) is 8.62. The molecule has 106 valence electrons. The fraction of sp³-hybridized carbons (Fsp3) is 0.562. The summed E-state index contributed by atoms with van der Waals surface area (Å²) in [6.07, 6.45) is 0. The second-order valence-electron chi connectivity index (χ2n) is 6.36. The molecule has 1 rings (SSSR count). The number of phenolic OH excluding ortho intramolecular Hbond substituents is 1. The number of aromatic hydroxyl groups is 1. The molecule has 1 aromatic rings. The first-order valence-corrected chi connectivity index (χ1v) is 6.66. The van der Waals surface area contributed by atoms with Gasteiger partial charge in [-0.1, -0.05) is 20.8 Å². The lowest BCUT2D eigenvalue weighted by atomic mass is 9.87. The highest BCUT2D eigenvalue weighted by atomic mass is 16.3. The zero-order valence-electron chi connectivity index (χ0n) is 12.8. The van der Waals surface area contributed by atoms with Gasteiger partial charge in [0.25, 0.3) is 0 Å². The molecule has 0 heterocycles. The molecule has 3 nitrogen and oxygen atoms in total. The minimum atomic E-state index is 0.0211. The van der Waals surface area contributed by atoms with Gasteiger partial charge in [0.05, 0.1) is 0 Å². The summed E-state index contributed by atoms with van der Waals surface area (Å²) in [6.45, 7) is 10.9. The smallest absolute Gasteiger partial charge is 0.159 e. The summed E-state index contributed by atoms with van der Waals surface area (Å²) < 4.78 is 0. The maximum Gasteiger partial charge on any atom is 0.159 e. The number of benzene rings is 1. The van der Waals surface area contributed by atoms with Crippen LogP contribution in [-0.2, 0) is 6.54 Å². The van der Waals surface area contributed by atoms with Gasteiger partial charge in [-0.15, -0.1) is 0 Å². The number of nitrogens with zero attached hydrogens (tertiary/aromatic N) is 1. The molecule has 0 radical (unpaired) electrons. The Labute approximate surface area is 116 Å². The molecule has 1 N–H and O–H groups in total. The Balaban J connectivity index is 2.93. The summed E-state index contributed by atoms with van der Waals surface area (Å²) in [5.41, 5.74) is 1.61. The number of hydrogen-bond acceptors (Lipinski definition) is 3. The van der Waals surface area contributed by atoms with Gasteiger partial charge in [-0.2, -0.15) is 0 Å². The predicted octanol–water partition coefficient (Wildman–Crippen LogP) is 3.46. The molecule has 0 saturated carbocycles. The van der Waals surface area contributed by atoms with Gasteiger partial charge >= 0.3 is 0 Å². The third-order valence-electron chi connectivity index (χ3n) is 3.82. The van der Waals surface area contributed by atoms with Crippen molar-refractivity contribution in [3.8, 4) is 5.75 Å². The maximum absolute atomic E-state index is 11.4. The van der Waals surface area contributed by atoms with Crippen molar-refractivity contribution in [2.24, 2.45) is 5.41 Å². The summed E-state index contributed by atoms with van der Waals surface area (Å²) >= 11 is 0. The molecular formula is C16H25NO2. The van der Waals surface area contributed by atoms with Crippen LogP contribution in [0.1, 0.15) is 50.5 Å². The maximum atomic E-state index is 11.4. The predicted molar refractivity (Wildman–Crippen MR) is 78.5 cm³/mol. The van der Waals surface area contributed by atoms with Crippen LogP contribution in [0, 0.1) is 5.41 Å². The number of rotatable bonds is 4. The second kappa shape index (κ2) is 5.74. The van der Waals surface area contributed by atoms with E-state index in [-0.39, 0.29) is 16.9 Å². The molecule has 0 fully saturated rings. The Morgan fingerprint density at radius 3 is 2.42 bits per heavy atom. The Bertz CT molecular complexity index is 460. The Morgan fingerprint density at radius 2 is 1.95 bits per heavy atom. The van der Waals surface area contributed by atoms with E-state index in [1.54, 1.807) is 18.2 Å². The number of ketones is 1. The van der Waals surface area contributed by atoms with E-state index in [4.69, 9.17) is 0 Å². The third-order valence-corrected chi connectivity index (χ3v) is 3.82. The molecule has 1 atom stereocenters. The van der Waals surface area contributed by atoms with Crippen LogP contribution in [0.4, 0.5) is 0 Å². The third kappa shape index (κ3) is 4.06. The number of phenols is 1. The molecule has 1 aromatic carbocycles. The fourth-order valence-corrected chi connectivity index (χ4v) is 2.00. The molecule has 0 aliphatic heterocycles. The number of carbonyl (C=O) groups excluding carboxylic acids is 1. The van der Waals surface area contributed by atoms with Gasteiger partial charge < -0.3 is 5.11 Å². The molecule has 0 saturated heterocycles. The van der Waals surface area contributed by atoms with Gasteiger partial charge in [-0.3, -0.25) is 9.69 Å². The van der Waals surface area contributed by atoms with Gasteiger partial charge in [0.1, 0.15) is 5.75 Å². The highest BCUT2D eigenvalue weighted by molar-refractivity contribution is 5.94. The number of hydrogen-bond donors (Lipinski definition) is 1. The van der Waals surface area contributed by atoms with E-state index in [2.05, 4.69) is 32.6 Å². The normalized spacial score (nSPS) is 13.6. The van der Waals surface area contributed by atoms with Gasteiger partial charge in [0.2, 0.25) is 0 Å². The van der Waals surface area contributed by atoms with Crippen LogP contribution in [0.5, 0.6) is 5.75 Å². The van der Waals surface area contributed by atoms with Crippen molar-refractivity contribution in [2.75, 3.05) is 7.05 Å². The van der Waals surface area contributed by atoms with Crippen molar-refractivity contribution < 1.29 is 9.90 Å². The van der Waals surface area contributed by atoms with Crippen molar-refractivity contribution in [1.29, 1.82) is 0 Å². The van der Waals surface area contributed by atoms with Gasteiger partial charge in [-0.05, 0) is 44.5 Å². The topological polar surface area (TPSA) is 40.5 Å². The van der Waals surface area contributed by atoms with Crippen LogP contribution < -0.4 is 0 Å². The summed E-state index contributed by atoms with van der Waals surface area (Å²) in [6, 6.07) is 5.41. The van der Waals surface area contributed by atoms with Crippen LogP contribution in [0.25, 0.3) is 0 Å². The van der Waals surface area contributed by atoms with E-state index in [1.807, 2.05) is 7.05 Å². The van der Waals surface area contributed by atoms with Gasteiger partial charge in [0, 0.05) is 23.7 Å². The lowest BCUT2D eigenvalue weighted by Crippen LogP contribution is -2.38. The van der Waals surface area contributed by atoms with E-state index >= 15 is 0 Å². The molecule has 0 aromatic heterocycles. The molecule has 0 aliphatic carbocycles. The Hall–Kier alpha value is -1.35. The zero-order chi connectivity index (χ0) is 14.8. The van der Waals surface area contributed by atoms with Crippen molar-refractivity contribution in [3.05, 3.63) is 29.3 Å². The molecular weight excluding hydrogens is 238 g/mol. The summed E-state index contributed by atoms with van der Waals surface area (Å²) in [5.74, 6) is 0.269. The zero-order valence-corrected chi connectivity index (χ0v) is 12.8. The van der Waals surface area contributed by atoms with Crippen LogP contribution in [0.2, 0.25) is 0 Å². The van der Waals surface area contributed by atoms with Crippen LogP contribution in [0.3, 0.4) is 0 Å². The molecule has 19 heavy (non-hydrogen) atoms. The van der Waals surface area contributed by atoms with Crippen LogP contribution >= 0.6 is 0 Å². The second-order valence-corrected chi connectivity index (χ2v) is 6.36. The van der Waals surface area contributed by atoms with E-state index in [0.29, 0.717) is 18.2 Å². The van der Waals surface area contributed by atoms with Gasteiger partial charge in [0.15, 0.2) is 5.78 Å². The summed E-state index contributed by atoms with van der Waals surface area (Å²) in [7, 11) is 2.04. The average Bonchev–Trinajstić information content (AvgIpc) is 2.29. The highest BCUT2D eigenvalue weighted by Crippen LogP contribution is 2.26. The summed E-state index contributed by atoms with van der Waals surface area (Å²) in [4.78, 5) is 13.6. The highest BCUT2D eigenvalue weighted by Gasteiger charge is 2.24. The first kappa shape index (κ1) is 15.7. The van der Waals surface area contributed by atoms with Crippen molar-refractivity contribution in [1.82, 2.24) is 4.90 Å². The van der Waals surface area contributed by atoms with Crippen molar-refractivity contribution >= 4 is 5.78 Å². The SMILES string of the molecule is CC(=O)c1ccc(O)c(CN(C)C(C)C(C)(C)C)c1. The van der Waals surface area contributed by atoms with Crippen LogP contribution in [0.15, 0.2) is 18.2 Å². The monoisotopic (exact) mass is 263 g/mol. The molecule has 0 spiro atoms. The van der Waals surface area contributed by atoms with E-state index in [0.717, 1.165) is 5.56 Å². The first-order valence-electron chi connectivity index (χ1n) is 6.66. The largest absolute Gasteiger partial charge is 0.508 e. The van der Waals surface area contributed by atoms with Crippen LogP contribution in [-0.4, -0.2) is 28.9 Å². The minimum Gasteiger partial charge on any atom is -0.508 e. The van der Waals surface area contributed by atoms with E-state index in [9.17, 15) is 9.90 Å². The summed E-state index contributed by atoms with van der Waals surface area (Å²) in [5, 5.41) is 9.91. The van der Waals surface area contributed by atoms with Gasteiger partial charge in [-0.25, -0.2) is 0 Å². The van der Waals surface area contributed by atoms with Crippen molar-refractivity contribution in [2.45, 2.75) is 47.2 Å². The molecule has 0 amide bonds. The molecule has 0 bridgehead atoms. The lowest BCUT2D eigenvalue weighted by molar-refractivity contribution is 0.101. The minimum absolute atomic E-state index is 0.0211. The van der Waals surface area contributed by atoms with E-state index in [1.165, 1.54) is 6.92 Å².